The van der Waals surface area contributed by atoms with Gasteiger partial charge in [0.05, 0.1) is 4.92 Å². The van der Waals surface area contributed by atoms with Gasteiger partial charge in [-0.05, 0) is 24.8 Å². The number of hydrogen-bond donors (Lipinski definition) is 2. The molecule has 0 radical (unpaired) electrons. The van der Waals surface area contributed by atoms with Crippen LogP contribution in [0.5, 0.6) is 0 Å². The standard InChI is InChI=1S/C14H20N2O4/c1-9(2)7-12(14(17)18)15-8-11-5-4-6-13(10(11)3)16(19)20/h4-6,9,12,15H,7-8H2,1-3H3,(H,17,18). The third kappa shape index (κ3) is 4.31. The number of carbonyl (C=O) groups is 1. The van der Waals surface area contributed by atoms with E-state index < -0.39 is 16.9 Å². The highest BCUT2D eigenvalue weighted by molar-refractivity contribution is 5.73. The molecule has 110 valence electrons. The molecule has 0 amide bonds. The lowest BCUT2D eigenvalue weighted by molar-refractivity contribution is -0.385. The van der Waals surface area contributed by atoms with Crippen molar-refractivity contribution in [2.45, 2.75) is 39.8 Å². The van der Waals surface area contributed by atoms with E-state index >= 15 is 0 Å². The third-order valence-electron chi connectivity index (χ3n) is 3.16. The fourth-order valence-electron chi connectivity index (χ4n) is 2.04. The Labute approximate surface area is 118 Å². The quantitative estimate of drug-likeness (QED) is 0.591. The Morgan fingerprint density at radius 3 is 2.60 bits per heavy atom. The van der Waals surface area contributed by atoms with Crippen molar-refractivity contribution in [2.75, 3.05) is 0 Å². The van der Waals surface area contributed by atoms with Crippen LogP contribution in [-0.4, -0.2) is 22.0 Å². The zero-order chi connectivity index (χ0) is 15.3. The van der Waals surface area contributed by atoms with Crippen molar-refractivity contribution in [1.82, 2.24) is 5.32 Å². The number of rotatable bonds is 7. The number of nitro groups is 1. The Morgan fingerprint density at radius 2 is 2.10 bits per heavy atom. The molecule has 1 aromatic carbocycles. The molecule has 6 nitrogen and oxygen atoms in total. The van der Waals surface area contributed by atoms with E-state index in [2.05, 4.69) is 5.32 Å². The van der Waals surface area contributed by atoms with Gasteiger partial charge < -0.3 is 10.4 Å². The fourth-order valence-corrected chi connectivity index (χ4v) is 2.04. The Bertz CT molecular complexity index is 500. The van der Waals surface area contributed by atoms with Crippen LogP contribution in [0.25, 0.3) is 0 Å². The van der Waals surface area contributed by atoms with E-state index in [1.54, 1.807) is 19.1 Å². The van der Waals surface area contributed by atoms with E-state index in [9.17, 15) is 14.9 Å². The monoisotopic (exact) mass is 280 g/mol. The minimum atomic E-state index is -0.901. The van der Waals surface area contributed by atoms with Crippen LogP contribution >= 0.6 is 0 Å². The minimum Gasteiger partial charge on any atom is -0.480 e. The van der Waals surface area contributed by atoms with E-state index in [1.807, 2.05) is 13.8 Å². The maximum absolute atomic E-state index is 11.1. The Hall–Kier alpha value is -1.95. The van der Waals surface area contributed by atoms with Crippen LogP contribution < -0.4 is 5.32 Å². The molecule has 0 aromatic heterocycles. The molecular formula is C14H20N2O4. The first-order valence-electron chi connectivity index (χ1n) is 6.52. The number of nitrogens with one attached hydrogen (secondary N) is 1. The summed E-state index contributed by atoms with van der Waals surface area (Å²) in [7, 11) is 0. The molecule has 2 N–H and O–H groups in total. The topological polar surface area (TPSA) is 92.5 Å². The first-order chi connectivity index (χ1) is 9.32. The van der Waals surface area contributed by atoms with Crippen LogP contribution in [0.2, 0.25) is 0 Å². The van der Waals surface area contributed by atoms with Gasteiger partial charge in [0.2, 0.25) is 0 Å². The highest BCUT2D eigenvalue weighted by atomic mass is 16.6. The second-order valence-corrected chi connectivity index (χ2v) is 5.22. The predicted octanol–water partition coefficient (Wildman–Crippen LogP) is 2.49. The van der Waals surface area contributed by atoms with Crippen LogP contribution in [0.3, 0.4) is 0 Å². The normalized spacial score (nSPS) is 12.4. The summed E-state index contributed by atoms with van der Waals surface area (Å²) in [6.45, 7) is 5.89. The predicted molar refractivity (Wildman–Crippen MR) is 75.6 cm³/mol. The lowest BCUT2D eigenvalue weighted by Gasteiger charge is -2.17. The molecule has 0 aliphatic heterocycles. The van der Waals surface area contributed by atoms with Gasteiger partial charge in [-0.3, -0.25) is 14.9 Å². The lowest BCUT2D eigenvalue weighted by atomic mass is 10.0. The molecule has 0 saturated heterocycles. The molecule has 6 heteroatoms. The molecule has 0 fully saturated rings. The number of benzene rings is 1. The van der Waals surface area contributed by atoms with Crippen molar-refractivity contribution in [2.24, 2.45) is 5.92 Å². The van der Waals surface area contributed by atoms with Gasteiger partial charge >= 0.3 is 5.97 Å². The molecule has 0 aliphatic carbocycles. The van der Waals surface area contributed by atoms with E-state index in [4.69, 9.17) is 5.11 Å². The van der Waals surface area contributed by atoms with Crippen molar-refractivity contribution in [3.63, 3.8) is 0 Å². The summed E-state index contributed by atoms with van der Waals surface area (Å²) >= 11 is 0. The summed E-state index contributed by atoms with van der Waals surface area (Å²) in [4.78, 5) is 21.6. The van der Waals surface area contributed by atoms with Crippen LogP contribution in [0.1, 0.15) is 31.4 Å². The molecular weight excluding hydrogens is 260 g/mol. The zero-order valence-electron chi connectivity index (χ0n) is 11.9. The van der Waals surface area contributed by atoms with Crippen LogP contribution in [0, 0.1) is 23.0 Å². The molecule has 20 heavy (non-hydrogen) atoms. The molecule has 1 rings (SSSR count). The second-order valence-electron chi connectivity index (χ2n) is 5.22. The first kappa shape index (κ1) is 16.1. The molecule has 0 saturated carbocycles. The fraction of sp³-hybridized carbons (Fsp3) is 0.500. The maximum atomic E-state index is 11.1. The van der Waals surface area contributed by atoms with Gasteiger partial charge in [-0.15, -0.1) is 0 Å². The van der Waals surface area contributed by atoms with Gasteiger partial charge in [0, 0.05) is 18.2 Å². The minimum absolute atomic E-state index is 0.0556. The average Bonchev–Trinajstić information content (AvgIpc) is 2.34. The number of carboxylic acid groups (broad SMARTS) is 1. The van der Waals surface area contributed by atoms with Gasteiger partial charge in [0.25, 0.3) is 5.69 Å². The van der Waals surface area contributed by atoms with Gasteiger partial charge in [-0.2, -0.15) is 0 Å². The smallest absolute Gasteiger partial charge is 0.320 e. The summed E-state index contributed by atoms with van der Waals surface area (Å²) < 4.78 is 0. The summed E-state index contributed by atoms with van der Waals surface area (Å²) in [5.74, 6) is -0.642. The SMILES string of the molecule is Cc1c(CNC(CC(C)C)C(=O)O)cccc1[N+](=O)[O-]. The van der Waals surface area contributed by atoms with Crippen molar-refractivity contribution < 1.29 is 14.8 Å². The van der Waals surface area contributed by atoms with Crippen molar-refractivity contribution >= 4 is 11.7 Å². The molecule has 0 spiro atoms. The molecule has 1 unspecified atom stereocenters. The van der Waals surface area contributed by atoms with E-state index in [0.29, 0.717) is 18.5 Å². The molecule has 1 atom stereocenters. The van der Waals surface area contributed by atoms with Gasteiger partial charge in [0.1, 0.15) is 6.04 Å². The van der Waals surface area contributed by atoms with Gasteiger partial charge in [0.15, 0.2) is 0 Å². The molecule has 0 aliphatic rings. The zero-order valence-corrected chi connectivity index (χ0v) is 11.9. The number of aliphatic carboxylic acids is 1. The highest BCUT2D eigenvalue weighted by Gasteiger charge is 2.19. The van der Waals surface area contributed by atoms with E-state index in [1.165, 1.54) is 6.07 Å². The highest BCUT2D eigenvalue weighted by Crippen LogP contribution is 2.21. The van der Waals surface area contributed by atoms with Crippen molar-refractivity contribution in [3.05, 3.63) is 39.4 Å². The Morgan fingerprint density at radius 1 is 1.45 bits per heavy atom. The van der Waals surface area contributed by atoms with Crippen molar-refractivity contribution in [3.8, 4) is 0 Å². The summed E-state index contributed by atoms with van der Waals surface area (Å²) in [6.07, 6.45) is 0.517. The largest absolute Gasteiger partial charge is 0.480 e. The molecule has 0 bridgehead atoms. The van der Waals surface area contributed by atoms with Gasteiger partial charge in [-0.1, -0.05) is 26.0 Å². The summed E-state index contributed by atoms with van der Waals surface area (Å²) in [5, 5.41) is 23.0. The Balaban J connectivity index is 2.80. The van der Waals surface area contributed by atoms with Crippen molar-refractivity contribution in [1.29, 1.82) is 0 Å². The van der Waals surface area contributed by atoms with E-state index in [0.717, 1.165) is 5.56 Å². The van der Waals surface area contributed by atoms with Gasteiger partial charge in [-0.25, -0.2) is 0 Å². The summed E-state index contributed by atoms with van der Waals surface area (Å²) in [6, 6.07) is 4.18. The first-order valence-corrected chi connectivity index (χ1v) is 6.52. The summed E-state index contributed by atoms with van der Waals surface area (Å²) in [5.41, 5.74) is 1.37. The third-order valence-corrected chi connectivity index (χ3v) is 3.16. The van der Waals surface area contributed by atoms with Crippen LogP contribution in [0.4, 0.5) is 5.69 Å². The number of nitrogens with zero attached hydrogens (tertiary/aromatic N) is 1. The van der Waals surface area contributed by atoms with E-state index in [-0.39, 0.29) is 11.6 Å². The number of nitro benzene ring substituents is 1. The molecule has 0 heterocycles. The second kappa shape index (κ2) is 7.00. The molecule has 1 aromatic rings. The average molecular weight is 280 g/mol. The van der Waals surface area contributed by atoms with Crippen LogP contribution in [0.15, 0.2) is 18.2 Å². The van der Waals surface area contributed by atoms with Crippen LogP contribution in [-0.2, 0) is 11.3 Å². The maximum Gasteiger partial charge on any atom is 0.320 e. The Kier molecular flexibility index (Phi) is 5.64. The lowest BCUT2D eigenvalue weighted by Crippen LogP contribution is -2.37. The number of carboxylic acids is 1. The number of hydrogen-bond acceptors (Lipinski definition) is 4.